The average molecular weight is 282 g/mol. The van der Waals surface area contributed by atoms with E-state index in [1.165, 1.54) is 12.0 Å². The van der Waals surface area contributed by atoms with Crippen LogP contribution in [-0.4, -0.2) is 26.6 Å². The maximum atomic E-state index is 6.37. The molecule has 0 aromatic heterocycles. The zero-order valence-corrected chi connectivity index (χ0v) is 14.5. The Bertz CT molecular complexity index is 369. The summed E-state index contributed by atoms with van der Waals surface area (Å²) in [6.45, 7) is 18.6. The molecule has 0 radical (unpaired) electrons. The van der Waals surface area contributed by atoms with E-state index < -0.39 is 8.32 Å². The van der Waals surface area contributed by atoms with Crippen LogP contribution in [0.15, 0.2) is 12.2 Å². The van der Waals surface area contributed by atoms with Crippen LogP contribution in [0.4, 0.5) is 0 Å². The molecule has 1 aliphatic heterocycles. The largest absolute Gasteiger partial charge is 0.414 e. The minimum absolute atomic E-state index is 0.0570. The van der Waals surface area contributed by atoms with Crippen LogP contribution in [0.1, 0.15) is 47.0 Å². The summed E-state index contributed by atoms with van der Waals surface area (Å²) in [6, 6.07) is 0. The Labute approximate surface area is 119 Å². The number of hydrogen-bond donors (Lipinski definition) is 0. The average Bonchev–Trinajstić information content (AvgIpc) is 2.98. The molecule has 110 valence electrons. The molecule has 1 saturated carbocycles. The highest BCUT2D eigenvalue weighted by Gasteiger charge is 2.59. The highest BCUT2D eigenvalue weighted by atomic mass is 28.4. The van der Waals surface area contributed by atoms with Gasteiger partial charge in [-0.25, -0.2) is 0 Å². The van der Waals surface area contributed by atoms with E-state index in [2.05, 4.69) is 47.4 Å². The van der Waals surface area contributed by atoms with Gasteiger partial charge in [0.15, 0.2) is 8.32 Å². The van der Waals surface area contributed by atoms with Gasteiger partial charge in [-0.05, 0) is 50.2 Å². The first-order chi connectivity index (χ1) is 8.57. The van der Waals surface area contributed by atoms with Crippen LogP contribution in [0.25, 0.3) is 0 Å². The second kappa shape index (κ2) is 4.71. The summed E-state index contributed by atoms with van der Waals surface area (Å²) in [6.07, 6.45) is 3.93. The summed E-state index contributed by atoms with van der Waals surface area (Å²) in [5.41, 5.74) is 1.37. The van der Waals surface area contributed by atoms with Crippen molar-refractivity contribution in [3.8, 4) is 0 Å². The molecule has 1 saturated heterocycles. The fraction of sp³-hybridized carbons (Fsp3) is 0.875. The molecule has 2 aliphatic rings. The molecule has 2 rings (SSSR count). The van der Waals surface area contributed by atoms with Crippen LogP contribution >= 0.6 is 0 Å². The van der Waals surface area contributed by atoms with Gasteiger partial charge in [-0.3, -0.25) is 0 Å². The Morgan fingerprint density at radius 2 is 2.05 bits per heavy atom. The van der Waals surface area contributed by atoms with Gasteiger partial charge in [0.1, 0.15) is 5.60 Å². The van der Waals surface area contributed by atoms with Crippen LogP contribution in [0.2, 0.25) is 18.1 Å². The standard InChI is InChI=1S/C16H30O2Si/c1-12(2)13-8-9-16(14(10-13)18-16)11-17-19(6,7)15(3,4)5/h13-14H,1,8-11H2,2-7H3/t13-,14?,16-/m1/s1. The first-order valence-electron chi connectivity index (χ1n) is 7.55. The van der Waals surface area contributed by atoms with E-state index >= 15 is 0 Å². The molecule has 0 amide bonds. The molecule has 2 nitrogen and oxygen atoms in total. The quantitative estimate of drug-likeness (QED) is 0.429. The predicted octanol–water partition coefficient (Wildman–Crippen LogP) is 4.52. The molecule has 3 heteroatoms. The number of epoxide rings is 1. The van der Waals surface area contributed by atoms with Crippen molar-refractivity contribution in [1.29, 1.82) is 0 Å². The zero-order chi connectivity index (χ0) is 14.5. The third kappa shape index (κ3) is 2.98. The minimum Gasteiger partial charge on any atom is -0.414 e. The molecule has 19 heavy (non-hydrogen) atoms. The van der Waals surface area contributed by atoms with Crippen LogP contribution < -0.4 is 0 Å². The number of allylic oxidation sites excluding steroid dienone is 1. The molecular formula is C16H30O2Si. The van der Waals surface area contributed by atoms with Gasteiger partial charge < -0.3 is 9.16 Å². The molecule has 0 aromatic carbocycles. The summed E-state index contributed by atoms with van der Waals surface area (Å²) in [5, 5.41) is 0.281. The lowest BCUT2D eigenvalue weighted by Gasteiger charge is -2.37. The maximum Gasteiger partial charge on any atom is 0.192 e. The van der Waals surface area contributed by atoms with Crippen LogP contribution in [0, 0.1) is 5.92 Å². The summed E-state index contributed by atoms with van der Waals surface area (Å²) in [4.78, 5) is 0. The van der Waals surface area contributed by atoms with Crippen molar-refractivity contribution < 1.29 is 9.16 Å². The third-order valence-electron chi connectivity index (χ3n) is 5.50. The monoisotopic (exact) mass is 282 g/mol. The Morgan fingerprint density at radius 3 is 2.53 bits per heavy atom. The van der Waals surface area contributed by atoms with Crippen molar-refractivity contribution in [2.45, 2.75) is 76.8 Å². The van der Waals surface area contributed by atoms with E-state index in [1.54, 1.807) is 0 Å². The van der Waals surface area contributed by atoms with Gasteiger partial charge in [-0.15, -0.1) is 0 Å². The molecule has 0 aromatic rings. The second-order valence-electron chi connectivity index (χ2n) is 8.04. The molecule has 1 aliphatic carbocycles. The molecule has 1 unspecified atom stereocenters. The van der Waals surface area contributed by atoms with E-state index in [9.17, 15) is 0 Å². The molecule has 0 bridgehead atoms. The van der Waals surface area contributed by atoms with Crippen LogP contribution in [0.5, 0.6) is 0 Å². The van der Waals surface area contributed by atoms with Gasteiger partial charge in [0.2, 0.25) is 0 Å². The Kier molecular flexibility index (Phi) is 3.79. The van der Waals surface area contributed by atoms with E-state index in [0.29, 0.717) is 12.0 Å². The van der Waals surface area contributed by atoms with Crippen molar-refractivity contribution in [2.75, 3.05) is 6.61 Å². The van der Waals surface area contributed by atoms with Crippen molar-refractivity contribution in [3.63, 3.8) is 0 Å². The van der Waals surface area contributed by atoms with Crippen molar-refractivity contribution >= 4 is 8.32 Å². The molecule has 0 spiro atoms. The minimum atomic E-state index is -1.65. The zero-order valence-electron chi connectivity index (χ0n) is 13.5. The number of hydrogen-bond acceptors (Lipinski definition) is 2. The van der Waals surface area contributed by atoms with E-state index in [-0.39, 0.29) is 10.6 Å². The fourth-order valence-corrected chi connectivity index (χ4v) is 3.73. The van der Waals surface area contributed by atoms with Crippen molar-refractivity contribution in [1.82, 2.24) is 0 Å². The number of ether oxygens (including phenoxy) is 1. The molecule has 0 N–H and O–H groups in total. The van der Waals surface area contributed by atoms with Gasteiger partial charge in [0.05, 0.1) is 12.7 Å². The van der Waals surface area contributed by atoms with E-state index in [4.69, 9.17) is 9.16 Å². The second-order valence-corrected chi connectivity index (χ2v) is 12.8. The van der Waals surface area contributed by atoms with E-state index in [1.807, 2.05) is 0 Å². The summed E-state index contributed by atoms with van der Waals surface area (Å²) in [5.74, 6) is 0.661. The molecular weight excluding hydrogens is 252 g/mol. The lowest BCUT2D eigenvalue weighted by molar-refractivity contribution is 0.164. The van der Waals surface area contributed by atoms with Gasteiger partial charge in [0.25, 0.3) is 0 Å². The molecule has 2 fully saturated rings. The molecule has 3 atom stereocenters. The van der Waals surface area contributed by atoms with Gasteiger partial charge >= 0.3 is 0 Å². The highest BCUT2D eigenvalue weighted by molar-refractivity contribution is 6.74. The summed E-state index contributed by atoms with van der Waals surface area (Å²) in [7, 11) is -1.65. The maximum absolute atomic E-state index is 6.37. The number of fused-ring (bicyclic) bond motifs is 1. The molecule has 1 heterocycles. The van der Waals surface area contributed by atoms with Crippen molar-refractivity contribution in [2.24, 2.45) is 5.92 Å². The van der Waals surface area contributed by atoms with Gasteiger partial charge in [-0.2, -0.15) is 0 Å². The lowest BCUT2D eigenvalue weighted by Crippen LogP contribution is -2.44. The first-order valence-corrected chi connectivity index (χ1v) is 10.5. The lowest BCUT2D eigenvalue weighted by atomic mass is 9.79. The Morgan fingerprint density at radius 1 is 1.42 bits per heavy atom. The van der Waals surface area contributed by atoms with Crippen LogP contribution in [0.3, 0.4) is 0 Å². The third-order valence-corrected chi connectivity index (χ3v) is 9.98. The van der Waals surface area contributed by atoms with Gasteiger partial charge in [-0.1, -0.05) is 32.9 Å². The summed E-state index contributed by atoms with van der Waals surface area (Å²) >= 11 is 0. The normalized spacial score (nSPS) is 34.8. The Hall–Kier alpha value is -0.123. The summed E-state index contributed by atoms with van der Waals surface area (Å²) < 4.78 is 12.4. The first kappa shape index (κ1) is 15.3. The smallest absolute Gasteiger partial charge is 0.192 e. The van der Waals surface area contributed by atoms with Crippen LogP contribution in [-0.2, 0) is 9.16 Å². The fourth-order valence-electron chi connectivity index (χ4n) is 2.69. The number of rotatable bonds is 4. The van der Waals surface area contributed by atoms with Gasteiger partial charge in [0, 0.05) is 0 Å². The topological polar surface area (TPSA) is 21.8 Å². The van der Waals surface area contributed by atoms with Crippen molar-refractivity contribution in [3.05, 3.63) is 12.2 Å². The highest BCUT2D eigenvalue weighted by Crippen LogP contribution is 2.52. The van der Waals surface area contributed by atoms with E-state index in [0.717, 1.165) is 19.4 Å². The predicted molar refractivity (Wildman–Crippen MR) is 82.9 cm³/mol. The SMILES string of the molecule is C=C(C)[C@@H]1CC[C@]2(CO[Si](C)(C)C(C)(C)C)OC2C1. The Balaban J connectivity index is 1.89.